The van der Waals surface area contributed by atoms with E-state index in [0.29, 0.717) is 30.8 Å². The maximum atomic E-state index is 14.0. The number of hydrogen-bond donors (Lipinski definition) is 0. The summed E-state index contributed by atoms with van der Waals surface area (Å²) in [5.41, 5.74) is 2.51. The highest BCUT2D eigenvalue weighted by Crippen LogP contribution is 2.34. The average Bonchev–Trinajstić information content (AvgIpc) is 3.36. The van der Waals surface area contributed by atoms with Gasteiger partial charge in [-0.05, 0) is 35.7 Å². The lowest BCUT2D eigenvalue weighted by atomic mass is 10.1. The number of carbonyl (C=O) groups is 1. The van der Waals surface area contributed by atoms with Crippen molar-refractivity contribution in [1.29, 1.82) is 0 Å². The Labute approximate surface area is 167 Å². The standard InChI is InChI=1S/C22H20FN3O3/c1-3-14-4-6-15(7-5-14)13-26-18(9-11-20(26)27)22-24-21(25-29-22)16-8-10-19(28-2)17(23)12-16/h3-8,10,12,18H,1,9,11,13H2,2H3. The molecule has 4 rings (SSSR count). The Morgan fingerprint density at radius 1 is 1.31 bits per heavy atom. The number of halogens is 1. The molecule has 3 aromatic rings. The zero-order valence-electron chi connectivity index (χ0n) is 16.0. The molecule has 0 saturated carbocycles. The molecule has 0 N–H and O–H groups in total. The Balaban J connectivity index is 1.56. The zero-order chi connectivity index (χ0) is 20.4. The lowest BCUT2D eigenvalue weighted by Crippen LogP contribution is -2.27. The Morgan fingerprint density at radius 3 is 2.79 bits per heavy atom. The number of nitrogens with zero attached hydrogens (tertiary/aromatic N) is 3. The number of carbonyl (C=O) groups excluding carboxylic acids is 1. The van der Waals surface area contributed by atoms with Gasteiger partial charge in [-0.15, -0.1) is 0 Å². The highest BCUT2D eigenvalue weighted by molar-refractivity contribution is 5.79. The van der Waals surface area contributed by atoms with Crippen molar-refractivity contribution in [3.63, 3.8) is 0 Å². The highest BCUT2D eigenvalue weighted by Gasteiger charge is 2.36. The summed E-state index contributed by atoms with van der Waals surface area (Å²) in [6.07, 6.45) is 2.79. The molecule has 1 unspecified atom stereocenters. The Morgan fingerprint density at radius 2 is 2.10 bits per heavy atom. The smallest absolute Gasteiger partial charge is 0.249 e. The Kier molecular flexibility index (Phi) is 5.12. The average molecular weight is 393 g/mol. The van der Waals surface area contributed by atoms with Crippen LogP contribution in [-0.4, -0.2) is 28.1 Å². The molecule has 1 saturated heterocycles. The van der Waals surface area contributed by atoms with Gasteiger partial charge >= 0.3 is 0 Å². The summed E-state index contributed by atoms with van der Waals surface area (Å²) in [6.45, 7) is 4.20. The van der Waals surface area contributed by atoms with E-state index in [1.165, 1.54) is 19.2 Å². The summed E-state index contributed by atoms with van der Waals surface area (Å²) in [7, 11) is 1.40. The van der Waals surface area contributed by atoms with Gasteiger partial charge in [0.05, 0.1) is 7.11 Å². The molecule has 7 heteroatoms. The van der Waals surface area contributed by atoms with Crippen LogP contribution in [0.5, 0.6) is 5.75 Å². The molecule has 1 aliphatic rings. The third-order valence-electron chi connectivity index (χ3n) is 5.03. The lowest BCUT2D eigenvalue weighted by molar-refractivity contribution is -0.129. The van der Waals surface area contributed by atoms with Crippen LogP contribution >= 0.6 is 0 Å². The molecular weight excluding hydrogens is 373 g/mol. The monoisotopic (exact) mass is 393 g/mol. The first kappa shape index (κ1) is 18.9. The normalized spacial score (nSPS) is 16.3. The molecule has 1 fully saturated rings. The SMILES string of the molecule is C=Cc1ccc(CN2C(=O)CCC2c2nc(-c3ccc(OC)c(F)c3)no2)cc1. The lowest BCUT2D eigenvalue weighted by Gasteiger charge is -2.22. The molecule has 0 bridgehead atoms. The zero-order valence-corrected chi connectivity index (χ0v) is 16.0. The minimum atomic E-state index is -0.503. The number of rotatable bonds is 6. The van der Waals surface area contributed by atoms with Crippen molar-refractivity contribution >= 4 is 12.0 Å². The van der Waals surface area contributed by atoms with Gasteiger partial charge < -0.3 is 14.2 Å². The molecule has 0 aliphatic carbocycles. The number of ether oxygens (including phenoxy) is 1. The topological polar surface area (TPSA) is 68.5 Å². The second-order valence-corrected chi connectivity index (χ2v) is 6.83. The fraction of sp³-hybridized carbons (Fsp3) is 0.227. The fourth-order valence-electron chi connectivity index (χ4n) is 3.44. The molecule has 148 valence electrons. The number of benzene rings is 2. The van der Waals surface area contributed by atoms with Crippen molar-refractivity contribution in [3.05, 3.63) is 71.9 Å². The molecule has 6 nitrogen and oxygen atoms in total. The molecule has 2 heterocycles. The predicted molar refractivity (Wildman–Crippen MR) is 105 cm³/mol. The van der Waals surface area contributed by atoms with Crippen LogP contribution in [0.4, 0.5) is 4.39 Å². The van der Waals surface area contributed by atoms with Crippen LogP contribution in [0.3, 0.4) is 0 Å². The van der Waals surface area contributed by atoms with Gasteiger partial charge in [-0.2, -0.15) is 4.98 Å². The van der Waals surface area contributed by atoms with Crippen molar-refractivity contribution in [2.45, 2.75) is 25.4 Å². The van der Waals surface area contributed by atoms with Crippen LogP contribution in [-0.2, 0) is 11.3 Å². The van der Waals surface area contributed by atoms with Crippen molar-refractivity contribution in [2.24, 2.45) is 0 Å². The fourth-order valence-corrected chi connectivity index (χ4v) is 3.44. The maximum Gasteiger partial charge on any atom is 0.249 e. The third kappa shape index (κ3) is 3.76. The maximum absolute atomic E-state index is 14.0. The van der Waals surface area contributed by atoms with E-state index in [9.17, 15) is 9.18 Å². The molecule has 0 radical (unpaired) electrons. The summed E-state index contributed by atoms with van der Waals surface area (Å²) < 4.78 is 24.3. The number of aromatic nitrogens is 2. The highest BCUT2D eigenvalue weighted by atomic mass is 19.1. The second-order valence-electron chi connectivity index (χ2n) is 6.83. The summed E-state index contributed by atoms with van der Waals surface area (Å²) in [5, 5.41) is 3.97. The van der Waals surface area contributed by atoms with E-state index in [2.05, 4.69) is 16.7 Å². The molecule has 1 aliphatic heterocycles. The minimum Gasteiger partial charge on any atom is -0.494 e. The first-order chi connectivity index (χ1) is 14.1. The van der Waals surface area contributed by atoms with Gasteiger partial charge in [-0.3, -0.25) is 4.79 Å². The van der Waals surface area contributed by atoms with E-state index >= 15 is 0 Å². The van der Waals surface area contributed by atoms with Gasteiger partial charge in [0, 0.05) is 18.5 Å². The number of hydrogen-bond acceptors (Lipinski definition) is 5. The molecule has 0 spiro atoms. The third-order valence-corrected chi connectivity index (χ3v) is 5.03. The largest absolute Gasteiger partial charge is 0.494 e. The first-order valence-corrected chi connectivity index (χ1v) is 9.27. The summed E-state index contributed by atoms with van der Waals surface area (Å²) in [5.74, 6) is 0.309. The first-order valence-electron chi connectivity index (χ1n) is 9.27. The van der Waals surface area contributed by atoms with Crippen LogP contribution in [0.2, 0.25) is 0 Å². The minimum absolute atomic E-state index is 0.0399. The van der Waals surface area contributed by atoms with Crippen molar-refractivity contribution in [2.75, 3.05) is 7.11 Å². The van der Waals surface area contributed by atoms with E-state index in [4.69, 9.17) is 9.26 Å². The summed E-state index contributed by atoms with van der Waals surface area (Å²) in [4.78, 5) is 18.6. The summed E-state index contributed by atoms with van der Waals surface area (Å²) in [6, 6.07) is 12.0. The van der Waals surface area contributed by atoms with Gasteiger partial charge in [0.25, 0.3) is 0 Å². The molecule has 1 atom stereocenters. The van der Waals surface area contributed by atoms with E-state index in [-0.39, 0.29) is 23.5 Å². The van der Waals surface area contributed by atoms with Crippen LogP contribution in [0, 0.1) is 5.82 Å². The second kappa shape index (κ2) is 7.87. The summed E-state index contributed by atoms with van der Waals surface area (Å²) >= 11 is 0. The number of likely N-dealkylation sites (tertiary alicyclic amines) is 1. The van der Waals surface area contributed by atoms with Crippen LogP contribution in [0.25, 0.3) is 17.5 Å². The van der Waals surface area contributed by atoms with Gasteiger partial charge in [0.15, 0.2) is 11.6 Å². The molecular formula is C22H20FN3O3. The van der Waals surface area contributed by atoms with Crippen molar-refractivity contribution in [1.82, 2.24) is 15.0 Å². The molecule has 2 aromatic carbocycles. The number of methoxy groups -OCH3 is 1. The number of amides is 1. The molecule has 29 heavy (non-hydrogen) atoms. The quantitative estimate of drug-likeness (QED) is 0.621. The van der Waals surface area contributed by atoms with Crippen molar-refractivity contribution < 1.29 is 18.4 Å². The van der Waals surface area contributed by atoms with Crippen LogP contribution in [0.1, 0.15) is 35.9 Å². The van der Waals surface area contributed by atoms with E-state index in [1.54, 1.807) is 17.0 Å². The van der Waals surface area contributed by atoms with Gasteiger partial charge in [0.2, 0.25) is 17.6 Å². The Hall–Kier alpha value is -3.48. The van der Waals surface area contributed by atoms with E-state index in [0.717, 1.165) is 11.1 Å². The predicted octanol–water partition coefficient (Wildman–Crippen LogP) is 4.39. The van der Waals surface area contributed by atoms with Crippen LogP contribution in [0.15, 0.2) is 53.6 Å². The van der Waals surface area contributed by atoms with Crippen molar-refractivity contribution in [3.8, 4) is 17.1 Å². The van der Waals surface area contributed by atoms with Gasteiger partial charge in [0.1, 0.15) is 6.04 Å². The molecule has 1 aromatic heterocycles. The van der Waals surface area contributed by atoms with E-state index < -0.39 is 5.82 Å². The van der Waals surface area contributed by atoms with Gasteiger partial charge in [-0.1, -0.05) is 42.1 Å². The molecule has 1 amide bonds. The van der Waals surface area contributed by atoms with Gasteiger partial charge in [-0.25, -0.2) is 4.39 Å². The Bertz CT molecular complexity index is 1050. The van der Waals surface area contributed by atoms with Crippen LogP contribution < -0.4 is 4.74 Å². The van der Waals surface area contributed by atoms with E-state index in [1.807, 2.05) is 24.3 Å².